The highest BCUT2D eigenvalue weighted by atomic mass is 32.2. The van der Waals surface area contributed by atoms with Gasteiger partial charge in [0.15, 0.2) is 0 Å². The summed E-state index contributed by atoms with van der Waals surface area (Å²) in [4.78, 5) is 3.57. The highest BCUT2D eigenvalue weighted by molar-refractivity contribution is 7.90. The van der Waals surface area contributed by atoms with Gasteiger partial charge in [-0.15, -0.1) is 0 Å². The zero-order valence-corrected chi connectivity index (χ0v) is 42.2. The Bertz CT molecular complexity index is 3480. The highest BCUT2D eigenvalue weighted by Crippen LogP contribution is 2.42. The van der Waals surface area contributed by atoms with Crippen LogP contribution < -0.4 is 0 Å². The molecule has 0 N–H and O–H groups in total. The van der Waals surface area contributed by atoms with Gasteiger partial charge in [-0.2, -0.15) is 22.5 Å². The van der Waals surface area contributed by atoms with Gasteiger partial charge in [0.05, 0.1) is 40.0 Å². The van der Waals surface area contributed by atoms with Crippen LogP contribution in [0.2, 0.25) is 0 Å². The molecule has 0 bridgehead atoms. The molecule has 16 nitrogen and oxygen atoms in total. The van der Waals surface area contributed by atoms with E-state index in [9.17, 15) is 38.9 Å². The molecule has 2 spiro atoms. The van der Waals surface area contributed by atoms with Crippen LogP contribution in [0.3, 0.4) is 0 Å². The number of sulfonamides is 4. The van der Waals surface area contributed by atoms with Crippen LogP contribution in [0.1, 0.15) is 31.2 Å². The fourth-order valence-electron chi connectivity index (χ4n) is 9.79. The lowest BCUT2D eigenvalue weighted by Gasteiger charge is -2.42. The Hall–Kier alpha value is -6.14. The van der Waals surface area contributed by atoms with Crippen molar-refractivity contribution in [2.24, 2.45) is 0 Å². The molecule has 372 valence electrons. The average Bonchev–Trinajstić information content (AvgIpc) is 4.04. The number of hydrogen-bond acceptors (Lipinski definition) is 11. The number of hydrogen-bond donors (Lipinski definition) is 0. The molecule has 20 heteroatoms. The van der Waals surface area contributed by atoms with Gasteiger partial charge >= 0.3 is 0 Å². The first-order valence-electron chi connectivity index (χ1n) is 23.2. The number of ether oxygens (including phenoxy) is 2. The van der Waals surface area contributed by atoms with Crippen LogP contribution in [0.25, 0.3) is 27.1 Å². The van der Waals surface area contributed by atoms with E-state index in [1.165, 1.54) is 41.5 Å². The van der Waals surface area contributed by atoms with Crippen molar-refractivity contribution in [1.82, 2.24) is 17.2 Å². The smallest absolute Gasteiger partial charge is 0.246 e. The third-order valence-electron chi connectivity index (χ3n) is 13.6. The zero-order chi connectivity index (χ0) is 50.8. The maximum Gasteiger partial charge on any atom is 0.246 e. The van der Waals surface area contributed by atoms with Gasteiger partial charge in [0, 0.05) is 65.0 Å². The van der Waals surface area contributed by atoms with Gasteiger partial charge in [-0.3, -0.25) is 0 Å². The van der Waals surface area contributed by atoms with E-state index in [0.29, 0.717) is 0 Å². The third-order valence-corrected chi connectivity index (χ3v) is 21.4. The summed E-state index contributed by atoms with van der Waals surface area (Å²) < 4.78 is 125. The lowest BCUT2D eigenvalue weighted by atomic mass is 10.0. The summed E-state index contributed by atoms with van der Waals surface area (Å²) in [6.07, 6.45) is 0.798. The van der Waals surface area contributed by atoms with Crippen LogP contribution >= 0.6 is 0 Å². The minimum Gasteiger partial charge on any atom is -0.358 e. The normalized spacial score (nSPS) is 18.8. The second kappa shape index (κ2) is 20.4. The number of piperidine rings is 2. The minimum absolute atomic E-state index is 0.0422. The average molecular weight is 1050 g/mol. The number of para-hydroxylation sites is 1. The second-order valence-corrected chi connectivity index (χ2v) is 25.1. The van der Waals surface area contributed by atoms with Gasteiger partial charge in [0.1, 0.15) is 22.4 Å². The molecular weight excluding hydrogens is 997 g/mol. The first-order valence-corrected chi connectivity index (χ1v) is 28.9. The predicted octanol–water partition coefficient (Wildman–Crippen LogP) is 7.53. The molecule has 6 aromatic carbocycles. The van der Waals surface area contributed by atoms with Gasteiger partial charge in [0.25, 0.3) is 0 Å². The van der Waals surface area contributed by atoms with E-state index < -0.39 is 51.5 Å². The van der Waals surface area contributed by atoms with Crippen molar-refractivity contribution in [1.29, 1.82) is 5.26 Å². The summed E-state index contributed by atoms with van der Waals surface area (Å²) in [5.41, 5.74) is 1.76. The van der Waals surface area contributed by atoms with Gasteiger partial charge in [0.2, 0.25) is 45.8 Å². The number of nitriles is 1. The molecule has 4 heterocycles. The summed E-state index contributed by atoms with van der Waals surface area (Å²) >= 11 is 0. The van der Waals surface area contributed by atoms with Crippen molar-refractivity contribution in [2.75, 3.05) is 52.5 Å². The number of rotatable bonds is 10. The molecular formula is C52H50N6O10S4. The molecule has 0 radical (unpaired) electrons. The quantitative estimate of drug-likeness (QED) is 0.123. The van der Waals surface area contributed by atoms with E-state index in [1.54, 1.807) is 48.5 Å². The Kier molecular flexibility index (Phi) is 14.4. The molecule has 4 fully saturated rings. The van der Waals surface area contributed by atoms with Crippen LogP contribution in [0.5, 0.6) is 0 Å². The molecule has 4 aliphatic rings. The van der Waals surface area contributed by atoms with Crippen molar-refractivity contribution in [3.05, 3.63) is 175 Å². The van der Waals surface area contributed by atoms with E-state index in [4.69, 9.17) is 16.0 Å². The van der Waals surface area contributed by atoms with Gasteiger partial charge < -0.3 is 9.47 Å². The van der Waals surface area contributed by atoms with Crippen LogP contribution in [-0.4, -0.2) is 115 Å². The fourth-order valence-corrected chi connectivity index (χ4v) is 16.4. The summed E-state index contributed by atoms with van der Waals surface area (Å²) in [6.45, 7) is 8.47. The SMILES string of the molecule is O=S(=O)(c1ccc(-c2ccccc2)cc1)N1CCC2(CC1)OCCN2S(=O)(=O)c1ccc(-c2ccccc2)cc1.[C-]#[N+]c1ccccc1S(=O)(=O)N1CCC2(CC1)OCCN2S(=O)(=O)c1ccccc1C#N. The standard InChI is InChI=1S/C31H30N2O5S2.C21H20N4O5S2/c34-39(35,29-15-11-27(12-16-29)25-7-3-1-4-8-25)32-21-19-31(20-22-32)33(23-24-38-31)40(36,37)30-17-13-28(14-18-30)26-9-5-2-6-10-26;1-23-18-7-3-5-9-20(18)31(26,27)24-12-10-21(11-13-24)25(14-15-30-21)32(28,29)19-8-4-2-6-17(19)16-22/h1-18H,19-24H2;2-9H,10-15H2. The topological polar surface area (TPSA) is 196 Å². The Morgan fingerprint density at radius 1 is 0.444 bits per heavy atom. The molecule has 4 aliphatic heterocycles. The van der Waals surface area contributed by atoms with E-state index in [-0.39, 0.29) is 109 Å². The molecule has 0 aromatic heterocycles. The van der Waals surface area contributed by atoms with Gasteiger partial charge in [-0.1, -0.05) is 121 Å². The summed E-state index contributed by atoms with van der Waals surface area (Å²) in [6, 6.07) is 47.2. The van der Waals surface area contributed by atoms with Crippen molar-refractivity contribution < 1.29 is 43.1 Å². The summed E-state index contributed by atoms with van der Waals surface area (Å²) in [5, 5.41) is 9.34. The maximum absolute atomic E-state index is 13.7. The third kappa shape index (κ3) is 9.63. The molecule has 0 aliphatic carbocycles. The Balaban J connectivity index is 0.000000182. The van der Waals surface area contributed by atoms with Crippen molar-refractivity contribution >= 4 is 45.8 Å². The lowest BCUT2D eigenvalue weighted by molar-refractivity contribution is -0.0810. The van der Waals surface area contributed by atoms with Crippen LogP contribution in [0.15, 0.2) is 177 Å². The zero-order valence-electron chi connectivity index (χ0n) is 38.9. The number of nitrogens with zero attached hydrogens (tertiary/aromatic N) is 6. The fraction of sp³-hybridized carbons (Fsp3) is 0.269. The Morgan fingerprint density at radius 2 is 0.833 bits per heavy atom. The van der Waals surface area contributed by atoms with Gasteiger partial charge in [-0.25, -0.2) is 38.5 Å². The van der Waals surface area contributed by atoms with Crippen molar-refractivity contribution in [3.63, 3.8) is 0 Å². The van der Waals surface area contributed by atoms with Gasteiger partial charge in [-0.05, 0) is 58.7 Å². The molecule has 10 rings (SSSR count). The molecule has 0 amide bonds. The summed E-state index contributed by atoms with van der Waals surface area (Å²) in [5.74, 6) is 0. The largest absolute Gasteiger partial charge is 0.358 e. The molecule has 4 saturated heterocycles. The summed E-state index contributed by atoms with van der Waals surface area (Å²) in [7, 11) is -15.5. The first-order chi connectivity index (χ1) is 34.6. The molecule has 6 aromatic rings. The molecule has 0 saturated carbocycles. The highest BCUT2D eigenvalue weighted by Gasteiger charge is 2.53. The number of benzene rings is 6. The van der Waals surface area contributed by atoms with Crippen LogP contribution in [-0.2, 0) is 49.6 Å². The molecule has 0 atom stereocenters. The lowest BCUT2D eigenvalue weighted by Crippen LogP contribution is -2.55. The van der Waals surface area contributed by atoms with E-state index in [1.807, 2.05) is 91.0 Å². The molecule has 0 unspecified atom stereocenters. The molecule has 72 heavy (non-hydrogen) atoms. The maximum atomic E-state index is 13.7. The Morgan fingerprint density at radius 3 is 1.31 bits per heavy atom. The van der Waals surface area contributed by atoms with Crippen LogP contribution in [0.4, 0.5) is 5.69 Å². The first kappa shape index (κ1) is 50.8. The van der Waals surface area contributed by atoms with Crippen molar-refractivity contribution in [3.8, 4) is 28.3 Å². The second-order valence-electron chi connectivity index (χ2n) is 17.5. The van der Waals surface area contributed by atoms with Crippen LogP contribution in [0, 0.1) is 17.9 Å². The van der Waals surface area contributed by atoms with E-state index >= 15 is 0 Å². The monoisotopic (exact) mass is 1050 g/mol. The van der Waals surface area contributed by atoms with Crippen molar-refractivity contribution in [2.45, 2.75) is 56.7 Å². The van der Waals surface area contributed by atoms with E-state index in [2.05, 4.69) is 4.85 Å². The minimum atomic E-state index is -4.03. The Labute approximate surface area is 421 Å². The van der Waals surface area contributed by atoms with E-state index in [0.717, 1.165) is 22.3 Å². The predicted molar refractivity (Wildman–Crippen MR) is 269 cm³/mol.